The van der Waals surface area contributed by atoms with E-state index in [1.54, 1.807) is 27.7 Å². The van der Waals surface area contributed by atoms with E-state index >= 15 is 0 Å². The highest BCUT2D eigenvalue weighted by Gasteiger charge is 2.33. The van der Waals surface area contributed by atoms with Crippen LogP contribution in [-0.4, -0.2) is 63.6 Å². The molecule has 0 aliphatic carbocycles. The minimum absolute atomic E-state index is 0.0568. The van der Waals surface area contributed by atoms with E-state index in [4.69, 9.17) is 23.7 Å². The second-order valence-corrected chi connectivity index (χ2v) is 7.39. The molecule has 0 spiro atoms. The number of nitrogens with zero attached hydrogens (tertiary/aromatic N) is 1. The first-order valence-electron chi connectivity index (χ1n) is 9.91. The average Bonchev–Trinajstić information content (AvgIpc) is 2.76. The Morgan fingerprint density at radius 1 is 0.812 bits per heavy atom. The molecule has 0 radical (unpaired) electrons. The third-order valence-electron chi connectivity index (χ3n) is 4.22. The molecule has 1 aliphatic heterocycles. The Morgan fingerprint density at radius 2 is 1.31 bits per heavy atom. The van der Waals surface area contributed by atoms with E-state index in [1.165, 1.54) is 37.3 Å². The number of carbonyl (C=O) groups is 4. The molecule has 174 valence electrons. The summed E-state index contributed by atoms with van der Waals surface area (Å²) in [6.45, 7) is 6.44. The quantitative estimate of drug-likeness (QED) is 0.453. The van der Waals surface area contributed by atoms with Gasteiger partial charge in [0.1, 0.15) is 12.4 Å². The van der Waals surface area contributed by atoms with E-state index in [1.807, 2.05) is 0 Å². The summed E-state index contributed by atoms with van der Waals surface area (Å²) in [5.74, 6) is -2.93. The van der Waals surface area contributed by atoms with Crippen molar-refractivity contribution in [3.8, 4) is 0 Å². The molecule has 0 atom stereocenters. The first-order valence-corrected chi connectivity index (χ1v) is 9.91. The molecule has 0 saturated carbocycles. The number of hydrogen-bond acceptors (Lipinski definition) is 10. The predicted molar refractivity (Wildman–Crippen MR) is 112 cm³/mol. The van der Waals surface area contributed by atoms with Crippen molar-refractivity contribution in [1.82, 2.24) is 0 Å². The SMILES string of the molecule is COC(=O)C1=C(C(=O)OC)N(c2cc(C(=O)OC(C)C)cc(C(=O)OC(C)C)c2)COC1. The monoisotopic (exact) mass is 449 g/mol. The molecule has 0 aromatic heterocycles. The number of benzene rings is 1. The van der Waals surface area contributed by atoms with E-state index in [0.717, 1.165) is 0 Å². The van der Waals surface area contributed by atoms with Crippen molar-refractivity contribution in [3.63, 3.8) is 0 Å². The lowest BCUT2D eigenvalue weighted by atomic mass is 10.1. The molecular weight excluding hydrogens is 422 g/mol. The van der Waals surface area contributed by atoms with Gasteiger partial charge in [-0.3, -0.25) is 0 Å². The third kappa shape index (κ3) is 5.85. The second-order valence-electron chi connectivity index (χ2n) is 7.39. The van der Waals surface area contributed by atoms with Crippen molar-refractivity contribution < 1.29 is 42.9 Å². The van der Waals surface area contributed by atoms with Gasteiger partial charge in [0.2, 0.25) is 0 Å². The molecule has 2 rings (SSSR count). The van der Waals surface area contributed by atoms with E-state index in [9.17, 15) is 19.2 Å². The van der Waals surface area contributed by atoms with Crippen LogP contribution in [0.15, 0.2) is 29.5 Å². The van der Waals surface area contributed by atoms with Gasteiger partial charge in [-0.15, -0.1) is 0 Å². The molecule has 10 heteroatoms. The number of anilines is 1. The first kappa shape index (κ1) is 24.9. The highest BCUT2D eigenvalue weighted by atomic mass is 16.6. The van der Waals surface area contributed by atoms with Gasteiger partial charge in [-0.05, 0) is 45.9 Å². The summed E-state index contributed by atoms with van der Waals surface area (Å²) in [6.07, 6.45) is -0.793. The van der Waals surface area contributed by atoms with E-state index in [2.05, 4.69) is 0 Å². The highest BCUT2D eigenvalue weighted by Crippen LogP contribution is 2.29. The topological polar surface area (TPSA) is 118 Å². The Kier molecular flexibility index (Phi) is 8.36. The fourth-order valence-corrected chi connectivity index (χ4v) is 2.91. The van der Waals surface area contributed by atoms with Crippen LogP contribution in [0.3, 0.4) is 0 Å². The van der Waals surface area contributed by atoms with Crippen molar-refractivity contribution in [3.05, 3.63) is 40.6 Å². The van der Waals surface area contributed by atoms with Crippen LogP contribution in [0.25, 0.3) is 0 Å². The molecule has 0 amide bonds. The molecular formula is C22H27NO9. The van der Waals surface area contributed by atoms with Crippen molar-refractivity contribution in [1.29, 1.82) is 0 Å². The van der Waals surface area contributed by atoms with Crippen LogP contribution in [0, 0.1) is 0 Å². The molecule has 1 aromatic rings. The van der Waals surface area contributed by atoms with Crippen molar-refractivity contribution in [2.75, 3.05) is 32.5 Å². The predicted octanol–water partition coefficient (Wildman–Crippen LogP) is 2.21. The molecule has 1 aromatic carbocycles. The molecule has 0 fully saturated rings. The van der Waals surface area contributed by atoms with Crippen molar-refractivity contribution in [2.24, 2.45) is 0 Å². The van der Waals surface area contributed by atoms with E-state index in [-0.39, 0.29) is 41.4 Å². The standard InChI is InChI=1S/C22H27NO9/c1-12(2)31-19(24)14-7-15(20(25)32-13(3)4)9-16(8-14)23-11-30-10-17(21(26)28-5)18(23)22(27)29-6/h7-9,12-13H,10-11H2,1-6H3. The summed E-state index contributed by atoms with van der Waals surface area (Å²) < 4.78 is 25.5. The fraction of sp³-hybridized carbons (Fsp3) is 0.455. The zero-order valence-electron chi connectivity index (χ0n) is 18.9. The molecule has 10 nitrogen and oxygen atoms in total. The number of hydrogen-bond donors (Lipinski definition) is 0. The molecule has 32 heavy (non-hydrogen) atoms. The Bertz CT molecular complexity index is 893. The number of rotatable bonds is 7. The Labute approximate surface area is 186 Å². The minimum atomic E-state index is -0.810. The number of carbonyl (C=O) groups excluding carboxylic acids is 4. The maximum absolute atomic E-state index is 12.6. The van der Waals surface area contributed by atoms with E-state index < -0.39 is 36.1 Å². The molecule has 1 heterocycles. The fourth-order valence-electron chi connectivity index (χ4n) is 2.91. The normalized spacial score (nSPS) is 13.8. The average molecular weight is 449 g/mol. The lowest BCUT2D eigenvalue weighted by Gasteiger charge is -2.31. The second kappa shape index (κ2) is 10.8. The van der Waals surface area contributed by atoms with Crippen molar-refractivity contribution >= 4 is 29.6 Å². The molecule has 0 bridgehead atoms. The number of esters is 4. The summed E-state index contributed by atoms with van der Waals surface area (Å²) in [7, 11) is 2.34. The molecule has 0 unspecified atom stereocenters. The number of methoxy groups -OCH3 is 2. The maximum Gasteiger partial charge on any atom is 0.355 e. The summed E-state index contributed by atoms with van der Waals surface area (Å²) in [5, 5.41) is 0. The van der Waals surface area contributed by atoms with Gasteiger partial charge in [0, 0.05) is 5.69 Å². The molecule has 1 aliphatic rings. The lowest BCUT2D eigenvalue weighted by Crippen LogP contribution is -2.39. The minimum Gasteiger partial charge on any atom is -0.466 e. The Balaban J connectivity index is 2.67. The summed E-state index contributed by atoms with van der Waals surface area (Å²) in [5.41, 5.74) is 0.151. The van der Waals surface area contributed by atoms with Crippen LogP contribution in [0.4, 0.5) is 5.69 Å². The summed E-state index contributed by atoms with van der Waals surface area (Å²) >= 11 is 0. The van der Waals surface area contributed by atoms with Gasteiger partial charge in [0.15, 0.2) is 0 Å². The van der Waals surface area contributed by atoms with Gasteiger partial charge in [-0.2, -0.15) is 0 Å². The van der Waals surface area contributed by atoms with Gasteiger partial charge >= 0.3 is 23.9 Å². The van der Waals surface area contributed by atoms with Crippen LogP contribution < -0.4 is 4.90 Å². The Morgan fingerprint density at radius 3 is 1.75 bits per heavy atom. The summed E-state index contributed by atoms with van der Waals surface area (Å²) in [4.78, 5) is 51.2. The van der Waals surface area contributed by atoms with Crippen LogP contribution in [0.2, 0.25) is 0 Å². The van der Waals surface area contributed by atoms with Gasteiger partial charge in [0.25, 0.3) is 0 Å². The largest absolute Gasteiger partial charge is 0.466 e. The molecule has 0 saturated heterocycles. The van der Waals surface area contributed by atoms with Gasteiger partial charge < -0.3 is 28.6 Å². The van der Waals surface area contributed by atoms with E-state index in [0.29, 0.717) is 0 Å². The van der Waals surface area contributed by atoms with Crippen LogP contribution in [-0.2, 0) is 33.3 Å². The molecule has 0 N–H and O–H groups in total. The van der Waals surface area contributed by atoms with Crippen LogP contribution in [0.1, 0.15) is 48.4 Å². The van der Waals surface area contributed by atoms with Gasteiger partial charge in [-0.1, -0.05) is 0 Å². The van der Waals surface area contributed by atoms with Gasteiger partial charge in [0.05, 0.1) is 49.7 Å². The Hall–Kier alpha value is -3.40. The first-order chi connectivity index (χ1) is 15.1. The summed E-state index contributed by atoms with van der Waals surface area (Å²) in [6, 6.07) is 4.18. The third-order valence-corrected chi connectivity index (χ3v) is 4.22. The van der Waals surface area contributed by atoms with Crippen LogP contribution >= 0.6 is 0 Å². The number of ether oxygens (including phenoxy) is 5. The smallest absolute Gasteiger partial charge is 0.355 e. The van der Waals surface area contributed by atoms with Gasteiger partial charge in [-0.25, -0.2) is 19.2 Å². The lowest BCUT2D eigenvalue weighted by molar-refractivity contribution is -0.140. The zero-order valence-corrected chi connectivity index (χ0v) is 18.9. The zero-order chi connectivity index (χ0) is 24.0. The maximum atomic E-state index is 12.6. The highest BCUT2D eigenvalue weighted by molar-refractivity contribution is 6.04. The van der Waals surface area contributed by atoms with Crippen LogP contribution in [0.5, 0.6) is 0 Å². The van der Waals surface area contributed by atoms with Crippen molar-refractivity contribution in [2.45, 2.75) is 39.9 Å².